The van der Waals surface area contributed by atoms with E-state index in [2.05, 4.69) is 21.6 Å². The van der Waals surface area contributed by atoms with Gasteiger partial charge in [0.05, 0.1) is 6.42 Å². The molecule has 1 aromatic heterocycles. The lowest BCUT2D eigenvalue weighted by atomic mass is 10.0. The molecule has 0 bridgehead atoms. The Kier molecular flexibility index (Phi) is 4.65. The number of carbonyl (C=O) groups is 1. The van der Waals surface area contributed by atoms with E-state index in [4.69, 9.17) is 4.42 Å². The number of hydrogen-bond acceptors (Lipinski definition) is 4. The fourth-order valence-corrected chi connectivity index (χ4v) is 2.65. The van der Waals surface area contributed by atoms with Crippen LogP contribution in [0.25, 0.3) is 11.5 Å². The maximum Gasteiger partial charge on any atom is 0.322 e. The van der Waals surface area contributed by atoms with Gasteiger partial charge in [-0.25, -0.2) is 0 Å². The molecule has 0 atom stereocenters. The Morgan fingerprint density at radius 1 is 0.960 bits per heavy atom. The van der Waals surface area contributed by atoms with E-state index in [0.717, 1.165) is 22.3 Å². The van der Waals surface area contributed by atoms with Crippen LogP contribution in [0.15, 0.2) is 40.8 Å². The van der Waals surface area contributed by atoms with Crippen molar-refractivity contribution in [2.75, 3.05) is 5.32 Å². The molecule has 2 aromatic carbocycles. The molecule has 0 spiro atoms. The van der Waals surface area contributed by atoms with Crippen LogP contribution in [-0.4, -0.2) is 16.1 Å². The number of rotatable bonds is 4. The maximum absolute atomic E-state index is 12.2. The summed E-state index contributed by atoms with van der Waals surface area (Å²) in [5.74, 6) is 0.215. The van der Waals surface area contributed by atoms with Gasteiger partial charge in [0.1, 0.15) is 0 Å². The van der Waals surface area contributed by atoms with Gasteiger partial charge in [-0.1, -0.05) is 34.9 Å². The fraction of sp³-hybridized carbons (Fsp3) is 0.250. The van der Waals surface area contributed by atoms with Gasteiger partial charge in [-0.05, 0) is 62.1 Å². The van der Waals surface area contributed by atoms with Crippen LogP contribution in [0.5, 0.6) is 0 Å². The molecule has 1 heterocycles. The Bertz CT molecular complexity index is 928. The van der Waals surface area contributed by atoms with E-state index >= 15 is 0 Å². The Hall–Kier alpha value is -2.95. The van der Waals surface area contributed by atoms with Crippen LogP contribution in [0.3, 0.4) is 0 Å². The molecule has 25 heavy (non-hydrogen) atoms. The summed E-state index contributed by atoms with van der Waals surface area (Å²) < 4.78 is 5.57. The molecule has 3 aromatic rings. The maximum atomic E-state index is 12.2. The largest absolute Gasteiger partial charge is 0.403 e. The standard InChI is InChI=1S/C20H21N3O2/c1-12-5-7-16(15(4)9-12)11-18(24)21-20-23-22-19(25-20)17-8-6-13(2)14(3)10-17/h5-10H,11H2,1-4H3,(H,21,23,24). The van der Waals surface area contributed by atoms with E-state index in [-0.39, 0.29) is 18.3 Å². The van der Waals surface area contributed by atoms with Gasteiger partial charge in [0.2, 0.25) is 11.8 Å². The molecule has 0 saturated carbocycles. The number of benzene rings is 2. The summed E-state index contributed by atoms with van der Waals surface area (Å²) in [4.78, 5) is 12.2. The molecule has 0 aliphatic heterocycles. The highest BCUT2D eigenvalue weighted by molar-refractivity contribution is 5.90. The minimum absolute atomic E-state index is 0.114. The number of nitrogens with zero attached hydrogens (tertiary/aromatic N) is 2. The first-order chi connectivity index (χ1) is 11.9. The van der Waals surface area contributed by atoms with Crippen molar-refractivity contribution >= 4 is 11.9 Å². The van der Waals surface area contributed by atoms with Crippen molar-refractivity contribution in [3.05, 3.63) is 64.2 Å². The number of amides is 1. The first kappa shape index (κ1) is 16.9. The minimum atomic E-state index is -0.178. The van der Waals surface area contributed by atoms with Crippen LogP contribution in [0, 0.1) is 27.7 Å². The first-order valence-electron chi connectivity index (χ1n) is 8.19. The van der Waals surface area contributed by atoms with E-state index in [9.17, 15) is 4.79 Å². The number of aromatic nitrogens is 2. The lowest BCUT2D eigenvalue weighted by Gasteiger charge is -2.06. The van der Waals surface area contributed by atoms with Gasteiger partial charge < -0.3 is 4.42 Å². The van der Waals surface area contributed by atoms with Gasteiger partial charge in [-0.3, -0.25) is 10.1 Å². The van der Waals surface area contributed by atoms with Gasteiger partial charge in [-0.15, -0.1) is 5.10 Å². The normalized spacial score (nSPS) is 10.7. The molecule has 0 unspecified atom stereocenters. The van der Waals surface area contributed by atoms with Crippen molar-refractivity contribution in [1.29, 1.82) is 0 Å². The van der Waals surface area contributed by atoms with Crippen LogP contribution in [0.1, 0.15) is 27.8 Å². The third-order valence-corrected chi connectivity index (χ3v) is 4.27. The van der Waals surface area contributed by atoms with Crippen molar-refractivity contribution in [1.82, 2.24) is 10.2 Å². The van der Waals surface area contributed by atoms with Gasteiger partial charge in [0, 0.05) is 5.56 Å². The van der Waals surface area contributed by atoms with E-state index in [1.54, 1.807) is 0 Å². The summed E-state index contributed by atoms with van der Waals surface area (Å²) >= 11 is 0. The second-order valence-electron chi connectivity index (χ2n) is 6.37. The Balaban J connectivity index is 1.70. The molecular weight excluding hydrogens is 314 g/mol. The molecule has 5 heteroatoms. The molecular formula is C20H21N3O2. The number of aryl methyl sites for hydroxylation is 4. The lowest BCUT2D eigenvalue weighted by Crippen LogP contribution is -2.15. The van der Waals surface area contributed by atoms with Crippen molar-refractivity contribution in [3.8, 4) is 11.5 Å². The van der Waals surface area contributed by atoms with Crippen LogP contribution in [0.4, 0.5) is 6.01 Å². The summed E-state index contributed by atoms with van der Waals surface area (Å²) in [6, 6.07) is 12.1. The van der Waals surface area contributed by atoms with Crippen LogP contribution >= 0.6 is 0 Å². The quantitative estimate of drug-likeness (QED) is 0.777. The van der Waals surface area contributed by atoms with E-state index < -0.39 is 0 Å². The molecule has 128 valence electrons. The topological polar surface area (TPSA) is 68.0 Å². The number of anilines is 1. The van der Waals surface area contributed by atoms with Crippen molar-refractivity contribution < 1.29 is 9.21 Å². The molecule has 0 aliphatic carbocycles. The molecule has 1 N–H and O–H groups in total. The summed E-state index contributed by atoms with van der Waals surface area (Å²) in [5.41, 5.74) is 6.44. The Labute approximate surface area is 147 Å². The molecule has 0 fully saturated rings. The summed E-state index contributed by atoms with van der Waals surface area (Å²) in [6.45, 7) is 8.11. The Morgan fingerprint density at radius 2 is 1.76 bits per heavy atom. The zero-order valence-corrected chi connectivity index (χ0v) is 14.9. The molecule has 3 rings (SSSR count). The zero-order chi connectivity index (χ0) is 18.0. The van der Waals surface area contributed by atoms with Gasteiger partial charge in [0.15, 0.2) is 0 Å². The average Bonchev–Trinajstić information content (AvgIpc) is 3.01. The fourth-order valence-electron chi connectivity index (χ4n) is 2.65. The van der Waals surface area contributed by atoms with E-state index in [1.165, 1.54) is 11.1 Å². The second kappa shape index (κ2) is 6.89. The number of nitrogens with one attached hydrogen (secondary N) is 1. The SMILES string of the molecule is Cc1ccc(CC(=O)Nc2nnc(-c3ccc(C)c(C)c3)o2)c(C)c1. The summed E-state index contributed by atoms with van der Waals surface area (Å²) in [5, 5.41) is 10.6. The molecule has 0 saturated heterocycles. The highest BCUT2D eigenvalue weighted by atomic mass is 16.4. The molecule has 0 aliphatic rings. The van der Waals surface area contributed by atoms with Crippen LogP contribution in [0.2, 0.25) is 0 Å². The number of hydrogen-bond donors (Lipinski definition) is 1. The average molecular weight is 335 g/mol. The van der Waals surface area contributed by atoms with Crippen LogP contribution < -0.4 is 5.32 Å². The zero-order valence-electron chi connectivity index (χ0n) is 14.9. The number of carbonyl (C=O) groups excluding carboxylic acids is 1. The monoisotopic (exact) mass is 335 g/mol. The molecule has 5 nitrogen and oxygen atoms in total. The second-order valence-corrected chi connectivity index (χ2v) is 6.37. The van der Waals surface area contributed by atoms with Gasteiger partial charge in [-0.2, -0.15) is 0 Å². The predicted molar refractivity (Wildman–Crippen MR) is 97.5 cm³/mol. The predicted octanol–water partition coefficient (Wildman–Crippen LogP) is 4.15. The summed E-state index contributed by atoms with van der Waals surface area (Å²) in [7, 11) is 0. The summed E-state index contributed by atoms with van der Waals surface area (Å²) in [6.07, 6.45) is 0.271. The third kappa shape index (κ3) is 3.94. The van der Waals surface area contributed by atoms with Crippen molar-refractivity contribution in [3.63, 3.8) is 0 Å². The van der Waals surface area contributed by atoms with Gasteiger partial charge in [0.25, 0.3) is 0 Å². The lowest BCUT2D eigenvalue weighted by molar-refractivity contribution is -0.115. The first-order valence-corrected chi connectivity index (χ1v) is 8.19. The third-order valence-electron chi connectivity index (χ3n) is 4.27. The Morgan fingerprint density at radius 3 is 2.48 bits per heavy atom. The van der Waals surface area contributed by atoms with Crippen molar-refractivity contribution in [2.45, 2.75) is 34.1 Å². The molecule has 1 amide bonds. The minimum Gasteiger partial charge on any atom is -0.403 e. The van der Waals surface area contributed by atoms with E-state index in [0.29, 0.717) is 5.89 Å². The van der Waals surface area contributed by atoms with Crippen molar-refractivity contribution in [2.24, 2.45) is 0 Å². The smallest absolute Gasteiger partial charge is 0.322 e. The van der Waals surface area contributed by atoms with Crippen LogP contribution in [-0.2, 0) is 11.2 Å². The van der Waals surface area contributed by atoms with Gasteiger partial charge >= 0.3 is 6.01 Å². The highest BCUT2D eigenvalue weighted by Gasteiger charge is 2.13. The highest BCUT2D eigenvalue weighted by Crippen LogP contribution is 2.22. The molecule has 0 radical (unpaired) electrons. The van der Waals surface area contributed by atoms with E-state index in [1.807, 2.05) is 58.0 Å².